The SMILES string of the molecule is CC(F)CC(F)C(=O)c1ccccc1. The van der Waals surface area contributed by atoms with Crippen molar-refractivity contribution >= 4 is 5.78 Å². The molecule has 0 aliphatic heterocycles. The summed E-state index contributed by atoms with van der Waals surface area (Å²) in [5.41, 5.74) is 0.292. The summed E-state index contributed by atoms with van der Waals surface area (Å²) in [4.78, 5) is 11.3. The van der Waals surface area contributed by atoms with E-state index in [-0.39, 0.29) is 6.42 Å². The van der Waals surface area contributed by atoms with Crippen LogP contribution in [0.15, 0.2) is 30.3 Å². The largest absolute Gasteiger partial charge is 0.291 e. The molecule has 0 aliphatic rings. The Morgan fingerprint density at radius 3 is 2.36 bits per heavy atom. The predicted molar refractivity (Wildman–Crippen MR) is 50.9 cm³/mol. The van der Waals surface area contributed by atoms with E-state index in [0.29, 0.717) is 5.56 Å². The monoisotopic (exact) mass is 198 g/mol. The maximum absolute atomic E-state index is 13.1. The second-order valence-corrected chi connectivity index (χ2v) is 3.21. The molecule has 0 radical (unpaired) electrons. The molecule has 0 heterocycles. The van der Waals surface area contributed by atoms with Crippen LogP contribution in [-0.2, 0) is 0 Å². The molecule has 2 unspecified atom stereocenters. The molecule has 1 aromatic carbocycles. The highest BCUT2D eigenvalue weighted by molar-refractivity contribution is 5.99. The van der Waals surface area contributed by atoms with Crippen molar-refractivity contribution in [2.45, 2.75) is 25.7 Å². The molecular formula is C11H12F2O. The average molecular weight is 198 g/mol. The summed E-state index contributed by atoms with van der Waals surface area (Å²) in [6, 6.07) is 8.09. The fourth-order valence-electron chi connectivity index (χ4n) is 1.18. The third kappa shape index (κ3) is 2.91. The van der Waals surface area contributed by atoms with Gasteiger partial charge < -0.3 is 0 Å². The number of rotatable bonds is 4. The van der Waals surface area contributed by atoms with Gasteiger partial charge in [-0.25, -0.2) is 8.78 Å². The van der Waals surface area contributed by atoms with E-state index in [0.717, 1.165) is 0 Å². The van der Waals surface area contributed by atoms with Gasteiger partial charge in [0.1, 0.15) is 6.17 Å². The van der Waals surface area contributed by atoms with Gasteiger partial charge in [-0.2, -0.15) is 0 Å². The second kappa shape index (κ2) is 4.84. The number of alkyl halides is 2. The van der Waals surface area contributed by atoms with Gasteiger partial charge in [-0.1, -0.05) is 30.3 Å². The zero-order chi connectivity index (χ0) is 10.6. The van der Waals surface area contributed by atoms with Crippen molar-refractivity contribution in [3.05, 3.63) is 35.9 Å². The molecule has 2 atom stereocenters. The predicted octanol–water partition coefficient (Wildman–Crippen LogP) is 2.96. The van der Waals surface area contributed by atoms with E-state index in [1.807, 2.05) is 0 Å². The lowest BCUT2D eigenvalue weighted by Gasteiger charge is -2.07. The molecule has 0 bridgehead atoms. The van der Waals surface area contributed by atoms with Crippen LogP contribution in [0.2, 0.25) is 0 Å². The van der Waals surface area contributed by atoms with Crippen molar-refractivity contribution in [3.8, 4) is 0 Å². The quantitative estimate of drug-likeness (QED) is 0.680. The van der Waals surface area contributed by atoms with Gasteiger partial charge >= 0.3 is 0 Å². The molecule has 1 nitrogen and oxygen atoms in total. The summed E-state index contributed by atoms with van der Waals surface area (Å²) in [5, 5.41) is 0. The summed E-state index contributed by atoms with van der Waals surface area (Å²) in [5.74, 6) is -0.643. The number of hydrogen-bond donors (Lipinski definition) is 0. The van der Waals surface area contributed by atoms with E-state index in [4.69, 9.17) is 0 Å². The molecule has 0 aromatic heterocycles. The molecule has 0 aliphatic carbocycles. The van der Waals surface area contributed by atoms with Crippen molar-refractivity contribution in [1.29, 1.82) is 0 Å². The van der Waals surface area contributed by atoms with Crippen LogP contribution in [0.1, 0.15) is 23.7 Å². The fraction of sp³-hybridized carbons (Fsp3) is 0.364. The summed E-state index contributed by atoms with van der Waals surface area (Å²) in [6.45, 7) is 1.24. The standard InChI is InChI=1S/C11H12F2O/c1-8(12)7-10(13)11(14)9-5-3-2-4-6-9/h2-6,8,10H,7H2,1H3. The second-order valence-electron chi connectivity index (χ2n) is 3.21. The lowest BCUT2D eigenvalue weighted by Crippen LogP contribution is -2.19. The van der Waals surface area contributed by atoms with E-state index in [1.165, 1.54) is 19.1 Å². The Kier molecular flexibility index (Phi) is 3.74. The normalized spacial score (nSPS) is 14.8. The molecule has 76 valence electrons. The van der Waals surface area contributed by atoms with Crippen LogP contribution >= 0.6 is 0 Å². The van der Waals surface area contributed by atoms with Crippen LogP contribution in [0.4, 0.5) is 8.78 Å². The van der Waals surface area contributed by atoms with E-state index in [1.54, 1.807) is 18.2 Å². The minimum Gasteiger partial charge on any atom is -0.291 e. The highest BCUT2D eigenvalue weighted by Crippen LogP contribution is 2.12. The van der Waals surface area contributed by atoms with Gasteiger partial charge in [0.25, 0.3) is 0 Å². The average Bonchev–Trinajstić information content (AvgIpc) is 2.17. The van der Waals surface area contributed by atoms with Crippen LogP contribution in [0.3, 0.4) is 0 Å². The lowest BCUT2D eigenvalue weighted by atomic mass is 10.0. The van der Waals surface area contributed by atoms with Crippen molar-refractivity contribution in [2.75, 3.05) is 0 Å². The van der Waals surface area contributed by atoms with Crippen molar-refractivity contribution in [3.63, 3.8) is 0 Å². The number of hydrogen-bond acceptors (Lipinski definition) is 1. The maximum atomic E-state index is 13.1. The van der Waals surface area contributed by atoms with Gasteiger partial charge in [0.15, 0.2) is 12.0 Å². The van der Waals surface area contributed by atoms with E-state index in [2.05, 4.69) is 0 Å². The summed E-state index contributed by atoms with van der Waals surface area (Å²) in [6.07, 6.45) is -3.40. The first-order valence-corrected chi connectivity index (χ1v) is 4.48. The van der Waals surface area contributed by atoms with Crippen molar-refractivity contribution in [2.24, 2.45) is 0 Å². The minimum atomic E-state index is -1.74. The van der Waals surface area contributed by atoms with E-state index < -0.39 is 18.1 Å². The molecule has 0 fully saturated rings. The first-order valence-electron chi connectivity index (χ1n) is 4.48. The Balaban J connectivity index is 2.66. The first kappa shape index (κ1) is 10.8. The van der Waals surface area contributed by atoms with Crippen LogP contribution in [0, 0.1) is 0 Å². The third-order valence-corrected chi connectivity index (χ3v) is 1.87. The highest BCUT2D eigenvalue weighted by Gasteiger charge is 2.21. The summed E-state index contributed by atoms with van der Waals surface area (Å²) in [7, 11) is 0. The molecular weight excluding hydrogens is 186 g/mol. The van der Waals surface area contributed by atoms with Gasteiger partial charge in [0.05, 0.1) is 0 Å². The fourth-order valence-corrected chi connectivity index (χ4v) is 1.18. The molecule has 14 heavy (non-hydrogen) atoms. The minimum absolute atomic E-state index is 0.292. The summed E-state index contributed by atoms with van der Waals surface area (Å²) >= 11 is 0. The van der Waals surface area contributed by atoms with Crippen LogP contribution in [-0.4, -0.2) is 18.1 Å². The molecule has 0 amide bonds. The lowest BCUT2D eigenvalue weighted by molar-refractivity contribution is 0.0841. The Bertz CT molecular complexity index is 295. The molecule has 1 rings (SSSR count). The van der Waals surface area contributed by atoms with Crippen LogP contribution < -0.4 is 0 Å². The van der Waals surface area contributed by atoms with E-state index >= 15 is 0 Å². The maximum Gasteiger partial charge on any atom is 0.196 e. The Morgan fingerprint density at radius 1 is 1.29 bits per heavy atom. The Morgan fingerprint density at radius 2 is 1.86 bits per heavy atom. The molecule has 0 saturated heterocycles. The number of Topliss-reactive ketones (excluding diaryl/α,β-unsaturated/α-hetero) is 1. The van der Waals surface area contributed by atoms with Gasteiger partial charge in [0.2, 0.25) is 0 Å². The van der Waals surface area contributed by atoms with Crippen LogP contribution in [0.25, 0.3) is 0 Å². The number of benzene rings is 1. The topological polar surface area (TPSA) is 17.1 Å². The summed E-state index contributed by atoms with van der Waals surface area (Å²) < 4.78 is 25.6. The van der Waals surface area contributed by atoms with Gasteiger partial charge in [-0.3, -0.25) is 4.79 Å². The Labute approximate surface area is 81.7 Å². The number of ketones is 1. The number of carbonyl (C=O) groups excluding carboxylic acids is 1. The smallest absolute Gasteiger partial charge is 0.196 e. The zero-order valence-electron chi connectivity index (χ0n) is 7.91. The van der Waals surface area contributed by atoms with E-state index in [9.17, 15) is 13.6 Å². The van der Waals surface area contributed by atoms with Gasteiger partial charge in [-0.15, -0.1) is 0 Å². The highest BCUT2D eigenvalue weighted by atomic mass is 19.1. The molecule has 0 spiro atoms. The van der Waals surface area contributed by atoms with Crippen molar-refractivity contribution in [1.82, 2.24) is 0 Å². The van der Waals surface area contributed by atoms with Crippen LogP contribution in [0.5, 0.6) is 0 Å². The van der Waals surface area contributed by atoms with Gasteiger partial charge in [-0.05, 0) is 6.92 Å². The zero-order valence-corrected chi connectivity index (χ0v) is 7.91. The Hall–Kier alpha value is -1.25. The van der Waals surface area contributed by atoms with Gasteiger partial charge in [0, 0.05) is 12.0 Å². The molecule has 0 saturated carbocycles. The number of carbonyl (C=O) groups is 1. The molecule has 3 heteroatoms. The molecule has 1 aromatic rings. The number of halogens is 2. The first-order chi connectivity index (χ1) is 6.61. The molecule has 0 N–H and O–H groups in total. The third-order valence-electron chi connectivity index (χ3n) is 1.87. The van der Waals surface area contributed by atoms with Crippen molar-refractivity contribution < 1.29 is 13.6 Å².